The molecular weight excluding hydrogens is 309 g/mol. The SMILES string of the molecule is CCCCC(c1cccc(Cl)c1Cl)N1CCCC1C(=O)O. The van der Waals surface area contributed by atoms with Crippen LogP contribution in [0, 0.1) is 0 Å². The molecule has 1 fully saturated rings. The van der Waals surface area contributed by atoms with Crippen LogP contribution in [0.2, 0.25) is 10.0 Å². The van der Waals surface area contributed by atoms with Crippen molar-refractivity contribution >= 4 is 29.2 Å². The summed E-state index contributed by atoms with van der Waals surface area (Å²) in [4.78, 5) is 13.6. The minimum Gasteiger partial charge on any atom is -0.480 e. The molecule has 2 rings (SSSR count). The Morgan fingerprint density at radius 3 is 2.90 bits per heavy atom. The lowest BCUT2D eigenvalue weighted by Crippen LogP contribution is -2.38. The molecule has 1 aliphatic rings. The van der Waals surface area contributed by atoms with Gasteiger partial charge in [0.25, 0.3) is 0 Å². The molecule has 1 aromatic rings. The Labute approximate surface area is 135 Å². The van der Waals surface area contributed by atoms with E-state index in [1.807, 2.05) is 12.1 Å². The fourth-order valence-corrected chi connectivity index (χ4v) is 3.54. The van der Waals surface area contributed by atoms with Crippen LogP contribution >= 0.6 is 23.2 Å². The summed E-state index contributed by atoms with van der Waals surface area (Å²) in [7, 11) is 0. The van der Waals surface area contributed by atoms with Crippen molar-refractivity contribution in [3.05, 3.63) is 33.8 Å². The molecule has 0 aromatic heterocycles. The third-order valence-electron chi connectivity index (χ3n) is 4.15. The van der Waals surface area contributed by atoms with Crippen molar-refractivity contribution in [2.45, 2.75) is 51.1 Å². The molecule has 21 heavy (non-hydrogen) atoms. The van der Waals surface area contributed by atoms with Crippen LogP contribution in [0.3, 0.4) is 0 Å². The number of aliphatic carboxylic acids is 1. The lowest BCUT2D eigenvalue weighted by molar-refractivity contribution is -0.143. The maximum Gasteiger partial charge on any atom is 0.320 e. The number of likely N-dealkylation sites (tertiary alicyclic amines) is 1. The van der Waals surface area contributed by atoms with Gasteiger partial charge in [0.15, 0.2) is 0 Å². The molecule has 2 unspecified atom stereocenters. The third kappa shape index (κ3) is 3.71. The second-order valence-corrected chi connectivity index (χ2v) is 6.32. The second-order valence-electron chi connectivity index (χ2n) is 5.54. The summed E-state index contributed by atoms with van der Waals surface area (Å²) in [5, 5.41) is 10.5. The molecular formula is C16H21Cl2NO2. The maximum absolute atomic E-state index is 11.5. The summed E-state index contributed by atoms with van der Waals surface area (Å²) in [6.45, 7) is 2.93. The number of hydrogen-bond acceptors (Lipinski definition) is 2. The van der Waals surface area contributed by atoms with E-state index in [2.05, 4.69) is 11.8 Å². The highest BCUT2D eigenvalue weighted by Crippen LogP contribution is 2.38. The van der Waals surface area contributed by atoms with E-state index < -0.39 is 12.0 Å². The molecule has 1 aromatic carbocycles. The van der Waals surface area contributed by atoms with Crippen LogP contribution in [-0.2, 0) is 4.79 Å². The van der Waals surface area contributed by atoms with Crippen molar-refractivity contribution in [3.63, 3.8) is 0 Å². The Hall–Kier alpha value is -0.770. The highest BCUT2D eigenvalue weighted by atomic mass is 35.5. The fraction of sp³-hybridized carbons (Fsp3) is 0.562. The zero-order valence-corrected chi connectivity index (χ0v) is 13.7. The first kappa shape index (κ1) is 16.6. The third-order valence-corrected chi connectivity index (χ3v) is 4.98. The number of carbonyl (C=O) groups is 1. The molecule has 2 atom stereocenters. The first-order chi connectivity index (χ1) is 10.1. The Morgan fingerprint density at radius 2 is 2.24 bits per heavy atom. The van der Waals surface area contributed by atoms with Crippen LogP contribution in [-0.4, -0.2) is 28.6 Å². The highest BCUT2D eigenvalue weighted by Gasteiger charge is 2.36. The van der Waals surface area contributed by atoms with Crippen molar-refractivity contribution < 1.29 is 9.90 Å². The van der Waals surface area contributed by atoms with Crippen molar-refractivity contribution in [1.82, 2.24) is 4.90 Å². The standard InChI is InChI=1S/C16H21Cl2NO2/c1-2-3-8-13(11-6-4-7-12(17)15(11)18)19-10-5-9-14(19)16(20)21/h4,6-7,13-14H,2-3,5,8-10H2,1H3,(H,20,21). The fourth-order valence-electron chi connectivity index (χ4n) is 3.10. The van der Waals surface area contributed by atoms with E-state index >= 15 is 0 Å². The topological polar surface area (TPSA) is 40.5 Å². The summed E-state index contributed by atoms with van der Waals surface area (Å²) in [5.74, 6) is -0.743. The first-order valence-corrected chi connectivity index (χ1v) is 8.24. The van der Waals surface area contributed by atoms with Gasteiger partial charge in [0.2, 0.25) is 0 Å². The average molecular weight is 330 g/mol. The van der Waals surface area contributed by atoms with Gasteiger partial charge >= 0.3 is 5.97 Å². The van der Waals surface area contributed by atoms with Crippen LogP contribution in [0.15, 0.2) is 18.2 Å². The van der Waals surface area contributed by atoms with Gasteiger partial charge in [-0.05, 0) is 37.4 Å². The average Bonchev–Trinajstić information content (AvgIpc) is 2.93. The molecule has 1 N–H and O–H groups in total. The maximum atomic E-state index is 11.5. The van der Waals surface area contributed by atoms with Gasteiger partial charge in [-0.25, -0.2) is 0 Å². The van der Waals surface area contributed by atoms with E-state index in [1.165, 1.54) is 0 Å². The summed E-state index contributed by atoms with van der Waals surface area (Å²) in [6, 6.07) is 5.23. The molecule has 1 saturated heterocycles. The zero-order valence-electron chi connectivity index (χ0n) is 12.2. The number of unbranched alkanes of at least 4 members (excludes halogenated alkanes) is 1. The van der Waals surface area contributed by atoms with Crippen LogP contribution in [0.4, 0.5) is 0 Å². The van der Waals surface area contributed by atoms with Gasteiger partial charge in [-0.3, -0.25) is 9.69 Å². The molecule has 0 radical (unpaired) electrons. The van der Waals surface area contributed by atoms with Crippen molar-refractivity contribution in [2.24, 2.45) is 0 Å². The molecule has 3 nitrogen and oxygen atoms in total. The Kier molecular flexibility index (Phi) is 5.91. The first-order valence-electron chi connectivity index (χ1n) is 7.48. The van der Waals surface area contributed by atoms with E-state index in [0.717, 1.165) is 37.8 Å². The predicted molar refractivity (Wildman–Crippen MR) is 86.1 cm³/mol. The van der Waals surface area contributed by atoms with Gasteiger partial charge in [-0.15, -0.1) is 0 Å². The van der Waals surface area contributed by atoms with Crippen LogP contribution in [0.25, 0.3) is 0 Å². The highest BCUT2D eigenvalue weighted by molar-refractivity contribution is 6.42. The lowest BCUT2D eigenvalue weighted by atomic mass is 9.98. The molecule has 0 aliphatic carbocycles. The summed E-state index contributed by atoms with van der Waals surface area (Å²) in [6.07, 6.45) is 4.63. The monoisotopic (exact) mass is 329 g/mol. The normalized spacial score (nSPS) is 20.6. The number of carboxylic acid groups (broad SMARTS) is 1. The zero-order chi connectivity index (χ0) is 15.4. The van der Waals surface area contributed by atoms with Crippen molar-refractivity contribution in [2.75, 3.05) is 6.54 Å². The van der Waals surface area contributed by atoms with Crippen molar-refractivity contribution in [1.29, 1.82) is 0 Å². The van der Waals surface area contributed by atoms with Gasteiger partial charge in [0.1, 0.15) is 6.04 Å². The molecule has 0 amide bonds. The molecule has 0 spiro atoms. The second kappa shape index (κ2) is 7.48. The molecule has 0 saturated carbocycles. The van der Waals surface area contributed by atoms with E-state index in [9.17, 15) is 9.90 Å². The summed E-state index contributed by atoms with van der Waals surface area (Å²) >= 11 is 12.5. The molecule has 1 heterocycles. The van der Waals surface area contributed by atoms with Gasteiger partial charge < -0.3 is 5.11 Å². The summed E-state index contributed by atoms with van der Waals surface area (Å²) < 4.78 is 0. The number of carboxylic acids is 1. The van der Waals surface area contributed by atoms with Gasteiger partial charge in [0, 0.05) is 6.04 Å². The van der Waals surface area contributed by atoms with Gasteiger partial charge in [-0.2, -0.15) is 0 Å². The number of halogens is 2. The Morgan fingerprint density at radius 1 is 1.48 bits per heavy atom. The van der Waals surface area contributed by atoms with Crippen LogP contribution in [0.1, 0.15) is 50.6 Å². The van der Waals surface area contributed by atoms with Gasteiger partial charge in [0.05, 0.1) is 10.0 Å². The molecule has 0 bridgehead atoms. The van der Waals surface area contributed by atoms with E-state index in [0.29, 0.717) is 16.5 Å². The van der Waals surface area contributed by atoms with Crippen LogP contribution < -0.4 is 0 Å². The van der Waals surface area contributed by atoms with Crippen molar-refractivity contribution in [3.8, 4) is 0 Å². The number of nitrogens with zero attached hydrogens (tertiary/aromatic N) is 1. The molecule has 116 valence electrons. The summed E-state index contributed by atoms with van der Waals surface area (Å²) in [5.41, 5.74) is 0.950. The Balaban J connectivity index is 2.33. The molecule has 1 aliphatic heterocycles. The largest absolute Gasteiger partial charge is 0.480 e. The molecule has 5 heteroatoms. The number of rotatable bonds is 6. The van der Waals surface area contributed by atoms with E-state index in [4.69, 9.17) is 23.2 Å². The van der Waals surface area contributed by atoms with Crippen LogP contribution in [0.5, 0.6) is 0 Å². The number of hydrogen-bond donors (Lipinski definition) is 1. The minimum absolute atomic E-state index is 0.0275. The minimum atomic E-state index is -0.743. The van der Waals surface area contributed by atoms with E-state index in [1.54, 1.807) is 6.07 Å². The smallest absolute Gasteiger partial charge is 0.320 e. The number of benzene rings is 1. The lowest BCUT2D eigenvalue weighted by Gasteiger charge is -2.32. The van der Waals surface area contributed by atoms with E-state index in [-0.39, 0.29) is 6.04 Å². The van der Waals surface area contributed by atoms with Gasteiger partial charge in [-0.1, -0.05) is 55.1 Å². The predicted octanol–water partition coefficient (Wildman–Crippen LogP) is 4.77. The Bertz CT molecular complexity index is 507. The quantitative estimate of drug-likeness (QED) is 0.816.